The van der Waals surface area contributed by atoms with Crippen LogP contribution in [0.4, 0.5) is 68.0 Å². The predicted molar refractivity (Wildman–Crippen MR) is 353 cm³/mol. The van der Waals surface area contributed by atoms with Crippen molar-refractivity contribution in [3.8, 4) is 34.5 Å². The predicted octanol–water partition coefficient (Wildman–Crippen LogP) is 15.5. The fourth-order valence-electron chi connectivity index (χ4n) is 13.6. The van der Waals surface area contributed by atoms with Crippen molar-refractivity contribution in [3.63, 3.8) is 0 Å². The number of alkyl halides is 9. The second-order valence-electron chi connectivity index (χ2n) is 25.9. The Balaban J connectivity index is 0.000000141. The van der Waals surface area contributed by atoms with Gasteiger partial charge in [0.2, 0.25) is 17.7 Å². The minimum Gasteiger partial charge on any atom is -0.490 e. The van der Waals surface area contributed by atoms with Crippen molar-refractivity contribution >= 4 is 68.7 Å². The molecule has 6 aromatic rings. The quantitative estimate of drug-likeness (QED) is 0.0750. The number of hydrogen-bond acceptors (Lipinski definition) is 13. The number of benzene rings is 6. The first-order chi connectivity index (χ1) is 47.1. The number of ether oxygens (including phenoxy) is 6. The number of hydrogen-bond donors (Lipinski definition) is 4. The summed E-state index contributed by atoms with van der Waals surface area (Å²) in [5.74, 6) is 1.21. The molecular weight excluding hydrogens is 1310 g/mol. The molecule has 4 N–H and O–H groups in total. The van der Waals surface area contributed by atoms with Gasteiger partial charge in [-0.15, -0.1) is 0 Å². The van der Waals surface area contributed by atoms with Gasteiger partial charge in [0.05, 0.1) is 53.4 Å². The van der Waals surface area contributed by atoms with Gasteiger partial charge in [-0.05, 0) is 147 Å². The maximum Gasteiger partial charge on any atom is 0.416 e. The summed E-state index contributed by atoms with van der Waals surface area (Å²) in [4.78, 5) is 54.4. The van der Waals surface area contributed by atoms with E-state index in [0.717, 1.165) is 98.6 Å². The molecule has 99 heavy (non-hydrogen) atoms. The molecule has 0 unspecified atom stereocenters. The maximum atomic E-state index is 13.3. The first kappa shape index (κ1) is 69.3. The molecule has 0 bridgehead atoms. The highest BCUT2D eigenvalue weighted by Gasteiger charge is 2.47. The van der Waals surface area contributed by atoms with Gasteiger partial charge in [-0.3, -0.25) is 19.2 Å². The molecule has 2 saturated carbocycles. The summed E-state index contributed by atoms with van der Waals surface area (Å²) in [5, 5.41) is 17.8. The average molecular weight is 1380 g/mol. The number of aliphatic hydroxyl groups excluding tert-OH is 1. The topological polar surface area (TPSA) is 186 Å². The lowest BCUT2D eigenvalue weighted by atomic mass is 9.72. The number of halogens is 9. The van der Waals surface area contributed by atoms with Crippen molar-refractivity contribution in [2.24, 2.45) is 0 Å². The Kier molecular flexibility index (Phi) is 19.3. The number of carbonyl (C=O) groups excluding carboxylic acids is 4. The third-order valence-corrected chi connectivity index (χ3v) is 19.2. The van der Waals surface area contributed by atoms with Crippen LogP contribution in [0, 0.1) is 0 Å². The smallest absolute Gasteiger partial charge is 0.416 e. The maximum absolute atomic E-state index is 13.3. The molecule has 2 spiro atoms. The van der Waals surface area contributed by atoms with Gasteiger partial charge < -0.3 is 59.3 Å². The van der Waals surface area contributed by atoms with Crippen LogP contribution in [0.25, 0.3) is 16.7 Å². The Morgan fingerprint density at radius 2 is 1.01 bits per heavy atom. The van der Waals surface area contributed by atoms with Crippen LogP contribution < -0.4 is 54.2 Å². The van der Waals surface area contributed by atoms with Gasteiger partial charge in [0.15, 0.2) is 5.78 Å². The largest absolute Gasteiger partial charge is 0.490 e. The Bertz CT molecular complexity index is 4230. The summed E-state index contributed by atoms with van der Waals surface area (Å²) in [7, 11) is 1.96. The summed E-state index contributed by atoms with van der Waals surface area (Å²) < 4.78 is 154. The fraction of sp³-hybridized carbons (Fsp3) is 0.378. The molecule has 14 rings (SSSR count). The molecule has 6 heterocycles. The van der Waals surface area contributed by atoms with Crippen LogP contribution in [0.2, 0.25) is 0 Å². The van der Waals surface area contributed by atoms with Gasteiger partial charge in [-0.2, -0.15) is 39.5 Å². The number of para-hydroxylation sites is 1. The highest BCUT2D eigenvalue weighted by Crippen LogP contribution is 2.53. The third kappa shape index (κ3) is 15.3. The summed E-state index contributed by atoms with van der Waals surface area (Å²) in [6.45, 7) is 6.75. The number of nitrogens with zero attached hydrogens (tertiary/aromatic N) is 2. The van der Waals surface area contributed by atoms with E-state index in [0.29, 0.717) is 126 Å². The van der Waals surface area contributed by atoms with E-state index in [9.17, 15) is 63.8 Å². The summed E-state index contributed by atoms with van der Waals surface area (Å²) >= 11 is 0. The van der Waals surface area contributed by atoms with Crippen molar-refractivity contribution in [2.75, 3.05) is 78.9 Å². The first-order valence-corrected chi connectivity index (χ1v) is 32.8. The van der Waals surface area contributed by atoms with Crippen LogP contribution in [-0.4, -0.2) is 98.5 Å². The lowest BCUT2D eigenvalue weighted by Crippen LogP contribution is -2.45. The van der Waals surface area contributed by atoms with Gasteiger partial charge in [0.25, 0.3) is 0 Å². The number of anilines is 5. The molecule has 6 aromatic carbocycles. The Hall–Kier alpha value is -9.65. The number of β-amino-alcohol motifs (C(OH)–C–C–N with tert-alkyl or cyclic N) is 1. The number of rotatable bonds is 10. The van der Waals surface area contributed by atoms with E-state index in [1.165, 1.54) is 36.4 Å². The zero-order valence-electron chi connectivity index (χ0n) is 54.4. The second kappa shape index (κ2) is 27.6. The minimum absolute atomic E-state index is 0.00140. The molecule has 522 valence electrons. The van der Waals surface area contributed by atoms with E-state index in [1.54, 1.807) is 42.5 Å². The molecule has 16 nitrogen and oxygen atoms in total. The molecular formula is C74H72F9N5O11. The Labute approximate surface area is 564 Å². The molecule has 8 aliphatic rings. The van der Waals surface area contributed by atoms with E-state index in [1.807, 2.05) is 37.9 Å². The van der Waals surface area contributed by atoms with E-state index in [2.05, 4.69) is 20.9 Å². The van der Waals surface area contributed by atoms with Crippen LogP contribution in [0.1, 0.15) is 123 Å². The third-order valence-electron chi connectivity index (χ3n) is 19.2. The van der Waals surface area contributed by atoms with Crippen molar-refractivity contribution in [3.05, 3.63) is 166 Å². The number of aliphatic hydroxyl groups is 1. The number of ketones is 1. The molecule has 3 amide bonds. The molecule has 0 aromatic heterocycles. The van der Waals surface area contributed by atoms with Gasteiger partial charge in [0, 0.05) is 91.1 Å². The first-order valence-electron chi connectivity index (χ1n) is 32.8. The number of fused-ring (bicyclic) bond motifs is 6. The van der Waals surface area contributed by atoms with Gasteiger partial charge in [-0.25, -0.2) is 0 Å². The van der Waals surface area contributed by atoms with Crippen LogP contribution in [0.15, 0.2) is 127 Å². The number of likely N-dealkylation sites (N-methyl/N-ethyl adjacent to an activating group) is 1. The Morgan fingerprint density at radius 1 is 0.545 bits per heavy atom. The van der Waals surface area contributed by atoms with E-state index in [4.69, 9.17) is 28.4 Å². The zero-order chi connectivity index (χ0) is 70.2. The van der Waals surface area contributed by atoms with Crippen LogP contribution >= 0.6 is 0 Å². The number of nitrogens with one attached hydrogen (secondary N) is 3. The van der Waals surface area contributed by atoms with E-state index >= 15 is 0 Å². The lowest BCUT2D eigenvalue weighted by Gasteiger charge is -2.46. The highest BCUT2D eigenvalue weighted by atomic mass is 19.4. The van der Waals surface area contributed by atoms with Crippen LogP contribution in [0.5, 0.6) is 34.5 Å². The number of carbonyl (C=O) groups is 4. The summed E-state index contributed by atoms with van der Waals surface area (Å²) in [6, 6.07) is 26.2. The molecule has 2 fully saturated rings. The molecule has 0 atom stereocenters. The molecule has 25 heteroatoms. The lowest BCUT2D eigenvalue weighted by molar-refractivity contribution is -0.138. The molecule has 0 saturated heterocycles. The van der Waals surface area contributed by atoms with E-state index in [-0.39, 0.29) is 54.5 Å². The Morgan fingerprint density at radius 3 is 1.48 bits per heavy atom. The minimum atomic E-state index is -4.49. The number of Topliss-reactive ketones (excluding diaryl/α,β-unsaturated/α-hetero) is 1. The van der Waals surface area contributed by atoms with Crippen LogP contribution in [-0.2, 0) is 44.1 Å². The van der Waals surface area contributed by atoms with Crippen molar-refractivity contribution in [2.45, 2.75) is 126 Å². The van der Waals surface area contributed by atoms with Crippen molar-refractivity contribution in [1.29, 1.82) is 0 Å². The standard InChI is InChI=1S/C25H25F3N2O4.C25H24F3NO4.C24H23F3N2O3/c26-25(27,28)17-2-4-19-16(15-24(6-1-7-24)34-22(19)13-17)12-23(32)29-18-3-5-21-20(14-18)30(8-10-31)9-11-33-21;1-3-24(4-2)13-16(19-9-8-17(25(26,27)28)12-21(19)33-24)11-22(31)29-20-7-5-6-15-10-18(30)14-32-23(15)20;1-29-9-10-31-20-6-4-17(13-19(20)29)28-22(30)11-15-14-23(7-2-8-23)32-21-12-16(24(25,26)27)3-5-18(15)21/h2-5,12-14,31H,1,6-11,15H2,(H,29,32);5-9,11-12H,3-4,10,13-14H2,1-2H3,(H,29,31);3-6,11-13H,2,7-10,14H2,1H3,(H,28,30)/b16-12+;16-11+;15-11+. The second-order valence-corrected chi connectivity index (χ2v) is 25.9. The SMILES string of the molecule is CCC1(CC)C/C(=C\C(=O)Nc2cccc3c2OCC(=O)C3)c2ccc(C(F)(F)F)cc2O1.CN1CCOc2ccc(NC(=O)/C=C3\CC4(CCC4)Oc4cc(C(F)(F)F)ccc43)cc21.O=C(/C=C1\CC2(CCC2)Oc2cc(C(F)(F)F)ccc21)Nc1ccc2c(c1)N(CCO)CCO2. The number of amides is 3. The van der Waals surface area contributed by atoms with Crippen molar-refractivity contribution in [1.82, 2.24) is 0 Å². The molecule has 0 radical (unpaired) electrons. The summed E-state index contributed by atoms with van der Waals surface area (Å²) in [5.41, 5.74) is 3.40. The molecule has 2 aliphatic carbocycles. The highest BCUT2D eigenvalue weighted by molar-refractivity contribution is 6.07. The van der Waals surface area contributed by atoms with Crippen molar-refractivity contribution < 1.29 is 92.2 Å². The van der Waals surface area contributed by atoms with Gasteiger partial charge in [-0.1, -0.05) is 44.2 Å². The van der Waals surface area contributed by atoms with Crippen LogP contribution in [0.3, 0.4) is 0 Å². The normalized spacial score (nSPS) is 19.2. The van der Waals surface area contributed by atoms with E-state index < -0.39 is 57.9 Å². The molecule has 6 aliphatic heterocycles. The average Bonchev–Trinajstić information content (AvgIpc) is 0.759. The summed E-state index contributed by atoms with van der Waals surface area (Å²) in [6.07, 6.45) is -1.41. The monoisotopic (exact) mass is 1380 g/mol. The van der Waals surface area contributed by atoms with Gasteiger partial charge in [0.1, 0.15) is 71.1 Å². The fourth-order valence-corrected chi connectivity index (χ4v) is 13.6. The van der Waals surface area contributed by atoms with Gasteiger partial charge >= 0.3 is 18.5 Å². The zero-order valence-corrected chi connectivity index (χ0v) is 54.4.